The van der Waals surface area contributed by atoms with Gasteiger partial charge in [-0.15, -0.1) is 0 Å². The second-order valence-electron chi connectivity index (χ2n) is 8.35. The van der Waals surface area contributed by atoms with Crippen LogP contribution in [0, 0.1) is 0 Å². The third kappa shape index (κ3) is 5.16. The van der Waals surface area contributed by atoms with Crippen molar-refractivity contribution in [3.8, 4) is 0 Å². The Bertz CT molecular complexity index is 1140. The summed E-state index contributed by atoms with van der Waals surface area (Å²) in [7, 11) is 0. The van der Waals surface area contributed by atoms with Crippen LogP contribution in [-0.2, 0) is 27.0 Å². The quantitative estimate of drug-likeness (QED) is 0.607. The molecule has 2 aromatic rings. The van der Waals surface area contributed by atoms with Gasteiger partial charge >= 0.3 is 12.3 Å². The van der Waals surface area contributed by atoms with Crippen molar-refractivity contribution in [2.75, 3.05) is 13.2 Å². The van der Waals surface area contributed by atoms with Gasteiger partial charge in [-0.3, -0.25) is 14.5 Å². The highest BCUT2D eigenvalue weighted by molar-refractivity contribution is 5.97. The summed E-state index contributed by atoms with van der Waals surface area (Å²) in [5, 5.41) is 2.61. The van der Waals surface area contributed by atoms with Gasteiger partial charge in [0.25, 0.3) is 0 Å². The molecule has 0 saturated carbocycles. The average Bonchev–Trinajstić information content (AvgIpc) is 3.25. The first-order chi connectivity index (χ1) is 16.7. The number of hydrogen-bond donors (Lipinski definition) is 1. The lowest BCUT2D eigenvalue weighted by molar-refractivity contribution is -0.160. The molecular weight excluding hydrogens is 463 g/mol. The fraction of sp³-hybridized carbons (Fsp3) is 0.320. The van der Waals surface area contributed by atoms with Gasteiger partial charge in [0, 0.05) is 6.54 Å². The van der Waals surface area contributed by atoms with Gasteiger partial charge in [0.2, 0.25) is 11.8 Å². The minimum absolute atomic E-state index is 0.123. The highest BCUT2D eigenvalue weighted by atomic mass is 19.4. The molecule has 0 aliphatic carbocycles. The zero-order valence-electron chi connectivity index (χ0n) is 18.9. The highest BCUT2D eigenvalue weighted by Gasteiger charge is 2.54. The van der Waals surface area contributed by atoms with Crippen molar-refractivity contribution < 1.29 is 32.3 Å². The highest BCUT2D eigenvalue weighted by Crippen LogP contribution is 2.32. The molecule has 0 bridgehead atoms. The summed E-state index contributed by atoms with van der Waals surface area (Å²) in [6.07, 6.45) is -1.49. The minimum atomic E-state index is -4.48. The van der Waals surface area contributed by atoms with E-state index in [1.165, 1.54) is 21.9 Å². The van der Waals surface area contributed by atoms with Crippen molar-refractivity contribution in [2.45, 2.75) is 37.8 Å². The van der Waals surface area contributed by atoms with E-state index >= 15 is 0 Å². The molecule has 0 spiro atoms. The molecule has 35 heavy (non-hydrogen) atoms. The molecule has 7 nitrogen and oxygen atoms in total. The smallest absolute Gasteiger partial charge is 0.416 e. The fourth-order valence-corrected chi connectivity index (χ4v) is 4.23. The summed E-state index contributed by atoms with van der Waals surface area (Å²) in [6.45, 7) is 1.88. The maximum atomic E-state index is 13.0. The predicted octanol–water partition coefficient (Wildman–Crippen LogP) is 3.46. The van der Waals surface area contributed by atoms with Crippen molar-refractivity contribution in [2.24, 2.45) is 0 Å². The lowest BCUT2D eigenvalue weighted by Gasteiger charge is -2.50. The molecule has 2 saturated heterocycles. The van der Waals surface area contributed by atoms with Crippen molar-refractivity contribution >= 4 is 24.0 Å². The monoisotopic (exact) mass is 487 g/mol. The third-order valence-corrected chi connectivity index (χ3v) is 6.08. The number of benzene rings is 2. The van der Waals surface area contributed by atoms with Crippen LogP contribution in [0.1, 0.15) is 23.6 Å². The number of carbonyl (C=O) groups excluding carboxylic acids is 3. The molecule has 2 aliphatic heterocycles. The lowest BCUT2D eigenvalue weighted by Crippen LogP contribution is -2.73. The normalized spacial score (nSPS) is 21.1. The number of nitrogens with one attached hydrogen (secondary N) is 1. The van der Waals surface area contributed by atoms with Crippen LogP contribution in [0.25, 0.3) is 6.08 Å². The largest absolute Gasteiger partial charge is 0.448 e. The van der Waals surface area contributed by atoms with Crippen molar-refractivity contribution in [3.05, 3.63) is 77.4 Å². The number of halogens is 3. The summed E-state index contributed by atoms with van der Waals surface area (Å²) < 4.78 is 43.8. The number of cyclic esters (lactones) is 1. The van der Waals surface area contributed by atoms with Crippen LogP contribution in [0.3, 0.4) is 0 Å². The first kappa shape index (κ1) is 24.3. The number of rotatable bonds is 7. The Balaban J connectivity index is 1.48. The molecule has 184 valence electrons. The van der Waals surface area contributed by atoms with Gasteiger partial charge in [0.05, 0.1) is 18.2 Å². The van der Waals surface area contributed by atoms with E-state index in [-0.39, 0.29) is 25.3 Å². The average molecular weight is 487 g/mol. The molecule has 0 aromatic heterocycles. The van der Waals surface area contributed by atoms with Crippen LogP contribution in [-0.4, -0.2) is 59.0 Å². The lowest BCUT2D eigenvalue weighted by atomic mass is 9.90. The topological polar surface area (TPSA) is 79.0 Å². The van der Waals surface area contributed by atoms with E-state index in [9.17, 15) is 27.6 Å². The van der Waals surface area contributed by atoms with E-state index in [0.717, 1.165) is 17.7 Å². The van der Waals surface area contributed by atoms with Gasteiger partial charge in [-0.05, 0) is 30.2 Å². The number of β-lactam (4-membered cyclic amide) rings is 1. The number of carbonyl (C=O) groups is 3. The van der Waals surface area contributed by atoms with Gasteiger partial charge < -0.3 is 15.0 Å². The molecule has 2 aromatic carbocycles. The van der Waals surface area contributed by atoms with Crippen LogP contribution in [0.2, 0.25) is 0 Å². The van der Waals surface area contributed by atoms with Crippen LogP contribution in [0.5, 0.6) is 0 Å². The van der Waals surface area contributed by atoms with Gasteiger partial charge in [-0.1, -0.05) is 54.6 Å². The van der Waals surface area contributed by atoms with Crippen LogP contribution >= 0.6 is 0 Å². The number of hydrogen-bond acceptors (Lipinski definition) is 4. The Morgan fingerprint density at radius 2 is 1.91 bits per heavy atom. The molecule has 3 atom stereocenters. The first-order valence-corrected chi connectivity index (χ1v) is 11.1. The predicted molar refractivity (Wildman–Crippen MR) is 121 cm³/mol. The van der Waals surface area contributed by atoms with E-state index in [2.05, 4.69) is 5.32 Å². The number of nitrogens with zero attached hydrogens (tertiary/aromatic N) is 2. The Morgan fingerprint density at radius 3 is 2.57 bits per heavy atom. The fourth-order valence-electron chi connectivity index (χ4n) is 4.23. The van der Waals surface area contributed by atoms with E-state index in [4.69, 9.17) is 4.74 Å². The van der Waals surface area contributed by atoms with Gasteiger partial charge in [-0.25, -0.2) is 4.79 Å². The molecule has 1 N–H and O–H groups in total. The first-order valence-electron chi connectivity index (χ1n) is 11.1. The second-order valence-corrected chi connectivity index (χ2v) is 8.35. The van der Waals surface area contributed by atoms with Gasteiger partial charge in [-0.2, -0.15) is 13.2 Å². The maximum absolute atomic E-state index is 13.0. The Hall–Kier alpha value is -3.82. The molecule has 2 aliphatic rings. The standard InChI is InChI=1S/C25H24F3N3O4/c1-16(22(32)29-15-18-8-5-9-19(14-18)25(26,27)28)31-20(11-10-17-6-3-2-4-7-17)21(23(31)33)30-12-13-35-24(30)34/h2-11,14,16,20-21H,12-13,15H2,1H3,(H,29,32)/b11-10+/t16?,20-,21+/m1/s1. The van der Waals surface area contributed by atoms with Gasteiger partial charge in [0.1, 0.15) is 18.7 Å². The SMILES string of the molecule is CC(C(=O)NCc1cccc(C(F)(F)F)c1)N1C(=O)[C@@H](N2CCOC2=O)[C@H]1/C=C/c1ccccc1. The van der Waals surface area contributed by atoms with Crippen molar-refractivity contribution in [1.29, 1.82) is 0 Å². The summed E-state index contributed by atoms with van der Waals surface area (Å²) in [5.41, 5.74) is 0.367. The van der Waals surface area contributed by atoms with E-state index < -0.39 is 47.8 Å². The third-order valence-electron chi connectivity index (χ3n) is 6.08. The van der Waals surface area contributed by atoms with Crippen molar-refractivity contribution in [3.63, 3.8) is 0 Å². The summed E-state index contributed by atoms with van der Waals surface area (Å²) in [6, 6.07) is 11.8. The Morgan fingerprint density at radius 1 is 1.17 bits per heavy atom. The van der Waals surface area contributed by atoms with Crippen LogP contribution in [0.15, 0.2) is 60.7 Å². The minimum Gasteiger partial charge on any atom is -0.448 e. The molecule has 10 heteroatoms. The Labute approximate surface area is 200 Å². The zero-order valence-corrected chi connectivity index (χ0v) is 18.9. The number of ether oxygens (including phenoxy) is 1. The van der Waals surface area contributed by atoms with Crippen LogP contribution in [0.4, 0.5) is 18.0 Å². The second kappa shape index (κ2) is 9.81. The van der Waals surface area contributed by atoms with E-state index in [1.54, 1.807) is 13.0 Å². The molecule has 3 amide bonds. The summed E-state index contributed by atoms with van der Waals surface area (Å²) >= 11 is 0. The molecule has 2 heterocycles. The number of amides is 3. The molecule has 4 rings (SSSR count). The van der Waals surface area contributed by atoms with Crippen molar-refractivity contribution in [1.82, 2.24) is 15.1 Å². The molecule has 0 radical (unpaired) electrons. The number of likely N-dealkylation sites (tertiary alicyclic amines) is 1. The number of alkyl halides is 3. The maximum Gasteiger partial charge on any atom is 0.416 e. The van der Waals surface area contributed by atoms with E-state index in [1.807, 2.05) is 36.4 Å². The molecule has 2 fully saturated rings. The zero-order chi connectivity index (χ0) is 25.2. The molecular formula is C25H24F3N3O4. The molecule has 1 unspecified atom stereocenters. The van der Waals surface area contributed by atoms with Crippen LogP contribution < -0.4 is 5.32 Å². The van der Waals surface area contributed by atoms with E-state index in [0.29, 0.717) is 0 Å². The van der Waals surface area contributed by atoms with Gasteiger partial charge in [0.15, 0.2) is 0 Å². The Kier molecular flexibility index (Phi) is 6.81. The summed E-state index contributed by atoms with van der Waals surface area (Å²) in [4.78, 5) is 40.7. The summed E-state index contributed by atoms with van der Waals surface area (Å²) in [5.74, 6) is -0.912.